The molecule has 8 fully saturated rings. The van der Waals surface area contributed by atoms with Crippen LogP contribution in [0, 0.1) is 52.3 Å². The van der Waals surface area contributed by atoms with Crippen LogP contribution in [0.3, 0.4) is 0 Å². The van der Waals surface area contributed by atoms with E-state index < -0.39 is 61.9 Å². The normalized spacial score (nSPS) is 59.4. The standard InChI is InChI=1S/C38H62O12/c1-18-7-12-38(46-16-18)19(2)28-26(50-38)14-24-22-6-5-20-13-21(8-10-36(20,3)23(22)9-11-37(24,28)4)47-35-32(44)30(42)33(27(15-39)48-35)49-34-31(43)29(41)25(40)17-45-34/h18-35,39-44H,5-17H2,1-4H3/t18-,19-,20+,21-,22+,23-,24-,25+,26-,27+,28-,29-,30+,31+,32+,33+,34-,35+,36-,37-,38+/m0/s1. The summed E-state index contributed by atoms with van der Waals surface area (Å²) in [5.41, 5.74) is 0.502. The lowest BCUT2D eigenvalue weighted by molar-refractivity contribution is -0.354. The SMILES string of the molecule is C[C@H]1CC[C@@]2(OC1)O[C@H]1C[C@H]3[C@@H]4CC[C@@H]5C[C@@H](O[C@@H]6O[C@H](CO)[C@@H](O[C@@H]7OC[C@@H](O)[C@H](O)[C@H]7O)[C@H](O)[C@H]6O)CC[C@]5(C)[C@H]4CC[C@]3(C)[C@H]1[C@@H]2C. The van der Waals surface area contributed by atoms with Gasteiger partial charge in [0.15, 0.2) is 18.4 Å². The van der Waals surface area contributed by atoms with Crippen LogP contribution in [0.15, 0.2) is 0 Å². The third-order valence-electron chi connectivity index (χ3n) is 15.8. The molecule has 12 heteroatoms. The molecule has 1 spiro atoms. The van der Waals surface area contributed by atoms with Gasteiger partial charge in [0.05, 0.1) is 32.0 Å². The molecular weight excluding hydrogens is 648 g/mol. The maximum atomic E-state index is 11.1. The lowest BCUT2D eigenvalue weighted by Gasteiger charge is -2.61. The summed E-state index contributed by atoms with van der Waals surface area (Å²) in [6, 6.07) is 0. The van der Waals surface area contributed by atoms with E-state index in [-0.39, 0.29) is 29.3 Å². The van der Waals surface area contributed by atoms with Crippen LogP contribution in [0.4, 0.5) is 0 Å². The fourth-order valence-corrected chi connectivity index (χ4v) is 12.9. The highest BCUT2D eigenvalue weighted by Crippen LogP contribution is 2.71. The van der Waals surface area contributed by atoms with Crippen LogP contribution in [-0.4, -0.2) is 124 Å². The van der Waals surface area contributed by atoms with Crippen LogP contribution in [0.2, 0.25) is 0 Å². The van der Waals surface area contributed by atoms with E-state index in [1.54, 1.807) is 0 Å². The third-order valence-corrected chi connectivity index (χ3v) is 15.8. The second-order valence-electron chi connectivity index (χ2n) is 18.3. The fourth-order valence-electron chi connectivity index (χ4n) is 12.9. The van der Waals surface area contributed by atoms with Gasteiger partial charge in [-0.15, -0.1) is 0 Å². The van der Waals surface area contributed by atoms with E-state index in [0.717, 1.165) is 45.1 Å². The van der Waals surface area contributed by atoms with Crippen LogP contribution in [0.5, 0.6) is 0 Å². The molecule has 4 aliphatic heterocycles. The summed E-state index contributed by atoms with van der Waals surface area (Å²) in [5, 5.41) is 62.4. The Balaban J connectivity index is 0.894. The first-order valence-corrected chi connectivity index (χ1v) is 19.7. The number of ether oxygens (including phenoxy) is 6. The van der Waals surface area contributed by atoms with Crippen molar-refractivity contribution in [2.75, 3.05) is 19.8 Å². The Morgan fingerprint density at radius 2 is 1.50 bits per heavy atom. The third kappa shape index (κ3) is 5.68. The Morgan fingerprint density at radius 3 is 2.24 bits per heavy atom. The minimum atomic E-state index is -1.58. The van der Waals surface area contributed by atoms with Gasteiger partial charge >= 0.3 is 0 Å². The molecular formula is C38H62O12. The van der Waals surface area contributed by atoms with Crippen molar-refractivity contribution in [1.82, 2.24) is 0 Å². The quantitative estimate of drug-likeness (QED) is 0.230. The first-order valence-electron chi connectivity index (χ1n) is 19.7. The monoisotopic (exact) mass is 710 g/mol. The minimum Gasteiger partial charge on any atom is -0.394 e. The van der Waals surface area contributed by atoms with Gasteiger partial charge in [0.1, 0.15) is 42.7 Å². The zero-order chi connectivity index (χ0) is 35.3. The maximum absolute atomic E-state index is 11.1. The van der Waals surface area contributed by atoms with Crippen LogP contribution in [0.25, 0.3) is 0 Å². The first-order chi connectivity index (χ1) is 23.8. The molecule has 4 heterocycles. The lowest BCUT2D eigenvalue weighted by atomic mass is 9.44. The van der Waals surface area contributed by atoms with Crippen LogP contribution in [0.1, 0.15) is 91.9 Å². The van der Waals surface area contributed by atoms with Crippen molar-refractivity contribution in [3.05, 3.63) is 0 Å². The number of aliphatic hydroxyl groups excluding tert-OH is 6. The Bertz CT molecular complexity index is 1210. The van der Waals surface area contributed by atoms with E-state index in [0.29, 0.717) is 47.5 Å². The number of rotatable bonds is 5. The van der Waals surface area contributed by atoms with Crippen LogP contribution >= 0.6 is 0 Å². The molecule has 0 radical (unpaired) electrons. The predicted molar refractivity (Wildman–Crippen MR) is 177 cm³/mol. The van der Waals surface area contributed by atoms with Crippen molar-refractivity contribution >= 4 is 0 Å². The number of fused-ring (bicyclic) bond motifs is 7. The van der Waals surface area contributed by atoms with Crippen molar-refractivity contribution in [3.8, 4) is 0 Å². The van der Waals surface area contributed by atoms with Gasteiger partial charge < -0.3 is 59.1 Å². The number of hydrogen-bond donors (Lipinski definition) is 6. The predicted octanol–water partition coefficient (Wildman–Crippen LogP) is 2.08. The molecule has 4 aliphatic carbocycles. The molecule has 0 aromatic rings. The fraction of sp³-hybridized carbons (Fsp3) is 1.00. The van der Waals surface area contributed by atoms with Gasteiger partial charge in [0.2, 0.25) is 0 Å². The Kier molecular flexibility index (Phi) is 9.76. The maximum Gasteiger partial charge on any atom is 0.186 e. The highest BCUT2D eigenvalue weighted by molar-refractivity contribution is 5.15. The van der Waals surface area contributed by atoms with Crippen LogP contribution < -0.4 is 0 Å². The van der Waals surface area contributed by atoms with E-state index in [2.05, 4.69) is 27.7 Å². The number of hydrogen-bond acceptors (Lipinski definition) is 12. The van der Waals surface area contributed by atoms with Crippen LogP contribution in [-0.2, 0) is 28.4 Å². The second-order valence-corrected chi connectivity index (χ2v) is 18.3. The molecule has 8 rings (SSSR count). The molecule has 0 bridgehead atoms. The molecule has 286 valence electrons. The molecule has 21 atom stereocenters. The van der Waals surface area contributed by atoms with E-state index in [4.69, 9.17) is 28.4 Å². The van der Waals surface area contributed by atoms with E-state index in [9.17, 15) is 30.6 Å². The second kappa shape index (κ2) is 13.4. The minimum absolute atomic E-state index is 0.156. The zero-order valence-electron chi connectivity index (χ0n) is 30.2. The van der Waals surface area contributed by atoms with Gasteiger partial charge in [-0.05, 0) is 104 Å². The van der Waals surface area contributed by atoms with E-state index in [1.165, 1.54) is 25.7 Å². The molecule has 8 aliphatic rings. The molecule has 0 aromatic heterocycles. The topological polar surface area (TPSA) is 177 Å². The molecule has 4 saturated heterocycles. The van der Waals surface area contributed by atoms with E-state index in [1.807, 2.05) is 0 Å². The van der Waals surface area contributed by atoms with Crippen molar-refractivity contribution in [2.45, 2.75) is 165 Å². The Hall–Kier alpha value is -0.480. The van der Waals surface area contributed by atoms with Gasteiger partial charge in [0, 0.05) is 12.3 Å². The van der Waals surface area contributed by atoms with Gasteiger partial charge in [0.25, 0.3) is 0 Å². The molecule has 12 nitrogen and oxygen atoms in total. The van der Waals surface area contributed by atoms with Crippen molar-refractivity contribution in [3.63, 3.8) is 0 Å². The summed E-state index contributed by atoms with van der Waals surface area (Å²) in [7, 11) is 0. The highest BCUT2D eigenvalue weighted by atomic mass is 16.7. The van der Waals surface area contributed by atoms with Crippen molar-refractivity contribution in [2.24, 2.45) is 52.3 Å². The first kappa shape index (κ1) is 36.5. The van der Waals surface area contributed by atoms with Gasteiger partial charge in [-0.3, -0.25) is 0 Å². The van der Waals surface area contributed by atoms with Crippen molar-refractivity contribution < 1.29 is 59.1 Å². The molecule has 50 heavy (non-hydrogen) atoms. The van der Waals surface area contributed by atoms with Crippen molar-refractivity contribution in [1.29, 1.82) is 0 Å². The summed E-state index contributed by atoms with van der Waals surface area (Å²) in [6.45, 7) is 9.79. The lowest BCUT2D eigenvalue weighted by Crippen LogP contribution is -2.63. The molecule has 0 aromatic carbocycles. The molecule has 6 N–H and O–H groups in total. The summed E-state index contributed by atoms with van der Waals surface area (Å²) in [5.74, 6) is 3.74. The number of aliphatic hydroxyl groups is 6. The van der Waals surface area contributed by atoms with Gasteiger partial charge in [-0.1, -0.05) is 27.7 Å². The molecule has 4 saturated carbocycles. The Labute approximate surface area is 296 Å². The zero-order valence-corrected chi connectivity index (χ0v) is 30.2. The smallest absolute Gasteiger partial charge is 0.186 e. The highest BCUT2D eigenvalue weighted by Gasteiger charge is 2.69. The van der Waals surface area contributed by atoms with Gasteiger partial charge in [-0.2, -0.15) is 0 Å². The summed E-state index contributed by atoms with van der Waals surface area (Å²) in [4.78, 5) is 0. The molecule has 0 amide bonds. The largest absolute Gasteiger partial charge is 0.394 e. The summed E-state index contributed by atoms with van der Waals surface area (Å²) >= 11 is 0. The summed E-state index contributed by atoms with van der Waals surface area (Å²) in [6.07, 6.45) is -1.12. The average molecular weight is 711 g/mol. The van der Waals surface area contributed by atoms with Gasteiger partial charge in [-0.25, -0.2) is 0 Å². The molecule has 0 unspecified atom stereocenters. The van der Waals surface area contributed by atoms with E-state index >= 15 is 0 Å². The average Bonchev–Trinajstić information content (AvgIpc) is 3.55. The summed E-state index contributed by atoms with van der Waals surface area (Å²) < 4.78 is 36.9. The Morgan fingerprint density at radius 1 is 0.740 bits per heavy atom.